The minimum absolute atomic E-state index is 0.0121. The number of aryl methyl sites for hydroxylation is 1. The number of nitro groups is 1. The van der Waals surface area contributed by atoms with Crippen molar-refractivity contribution in [2.75, 3.05) is 5.32 Å². The van der Waals surface area contributed by atoms with Crippen LogP contribution in [0.5, 0.6) is 0 Å². The van der Waals surface area contributed by atoms with Gasteiger partial charge in [0.2, 0.25) is 11.0 Å². The third-order valence-corrected chi connectivity index (χ3v) is 7.56. The fourth-order valence-electron chi connectivity index (χ4n) is 4.36. The van der Waals surface area contributed by atoms with E-state index in [0.717, 1.165) is 22.2 Å². The summed E-state index contributed by atoms with van der Waals surface area (Å²) in [6, 6.07) is 26.6. The van der Waals surface area contributed by atoms with E-state index in [-0.39, 0.29) is 10.6 Å². The van der Waals surface area contributed by atoms with Gasteiger partial charge < -0.3 is 5.32 Å². The molecule has 2 amide bonds. The summed E-state index contributed by atoms with van der Waals surface area (Å²) < 4.78 is 29.7. The number of rotatable bonds is 6. The van der Waals surface area contributed by atoms with Crippen LogP contribution in [0.4, 0.5) is 16.2 Å². The first kappa shape index (κ1) is 24.8. The summed E-state index contributed by atoms with van der Waals surface area (Å²) in [5.74, 6) is 0. The summed E-state index contributed by atoms with van der Waals surface area (Å²) >= 11 is 0. The highest BCUT2D eigenvalue weighted by atomic mass is 32.2. The van der Waals surface area contributed by atoms with Crippen LogP contribution in [0.2, 0.25) is 0 Å². The van der Waals surface area contributed by atoms with Crippen molar-refractivity contribution in [1.82, 2.24) is 4.72 Å². The standard InChI is InChI=1S/C28H22N4O5S/c1-19-10-16-22(17-11-19)38(36,37)30-28(33)29-27-23-6-2-4-8-25(23)31(26-9-5-3-7-24(26)27)18-20-12-14-21(15-13-20)32(34)35/h2-17H,18H2,1H3,(H,30,33)/p+1. The van der Waals surface area contributed by atoms with Crippen LogP contribution in [0, 0.1) is 17.0 Å². The van der Waals surface area contributed by atoms with Crippen molar-refractivity contribution < 1.29 is 22.7 Å². The molecule has 0 atom stereocenters. The van der Waals surface area contributed by atoms with Crippen molar-refractivity contribution in [3.63, 3.8) is 0 Å². The molecule has 0 aliphatic carbocycles. The minimum atomic E-state index is -4.08. The number of sulfonamides is 1. The Labute approximate surface area is 218 Å². The van der Waals surface area contributed by atoms with E-state index in [2.05, 4.69) is 14.6 Å². The van der Waals surface area contributed by atoms with E-state index in [9.17, 15) is 23.3 Å². The number of fused-ring (bicyclic) bond motifs is 2. The van der Waals surface area contributed by atoms with E-state index in [1.54, 1.807) is 24.3 Å². The highest BCUT2D eigenvalue weighted by Crippen LogP contribution is 2.30. The lowest BCUT2D eigenvalue weighted by Gasteiger charge is -2.14. The smallest absolute Gasteiger partial charge is 0.305 e. The summed E-state index contributed by atoms with van der Waals surface area (Å²) in [5.41, 5.74) is 3.83. The fraction of sp³-hybridized carbons (Fsp3) is 0.0714. The molecule has 0 bridgehead atoms. The Hall–Kier alpha value is -4.83. The van der Waals surface area contributed by atoms with Crippen molar-refractivity contribution in [2.24, 2.45) is 0 Å². The Kier molecular flexibility index (Phi) is 6.48. The lowest BCUT2D eigenvalue weighted by Crippen LogP contribution is -2.38. The highest BCUT2D eigenvalue weighted by Gasteiger charge is 2.24. The average Bonchev–Trinajstić information content (AvgIpc) is 2.90. The molecule has 0 radical (unpaired) electrons. The predicted octanol–water partition coefficient (Wildman–Crippen LogP) is 5.06. The van der Waals surface area contributed by atoms with Crippen molar-refractivity contribution in [1.29, 1.82) is 0 Å². The Morgan fingerprint density at radius 2 is 1.39 bits per heavy atom. The van der Waals surface area contributed by atoms with Gasteiger partial charge in [0.1, 0.15) is 0 Å². The zero-order valence-corrected chi connectivity index (χ0v) is 21.1. The summed E-state index contributed by atoms with van der Waals surface area (Å²) in [6.07, 6.45) is 0. The quantitative estimate of drug-likeness (QED) is 0.138. The van der Waals surface area contributed by atoms with Gasteiger partial charge in [-0.1, -0.05) is 42.0 Å². The highest BCUT2D eigenvalue weighted by molar-refractivity contribution is 7.90. The van der Waals surface area contributed by atoms with Crippen molar-refractivity contribution in [3.8, 4) is 0 Å². The lowest BCUT2D eigenvalue weighted by molar-refractivity contribution is -0.635. The number of carbonyl (C=O) groups is 1. The second-order valence-electron chi connectivity index (χ2n) is 8.79. The molecule has 1 aromatic heterocycles. The molecular formula is C28H23N4O5S+. The number of para-hydroxylation sites is 2. The van der Waals surface area contributed by atoms with Crippen LogP contribution in [0.25, 0.3) is 21.8 Å². The molecule has 190 valence electrons. The van der Waals surface area contributed by atoms with Crippen LogP contribution in [0.1, 0.15) is 11.1 Å². The van der Waals surface area contributed by atoms with Crippen LogP contribution in [0.3, 0.4) is 0 Å². The van der Waals surface area contributed by atoms with Gasteiger partial charge in [-0.25, -0.2) is 17.9 Å². The number of nitrogens with zero attached hydrogens (tertiary/aromatic N) is 2. The molecule has 0 unspecified atom stereocenters. The van der Waals surface area contributed by atoms with E-state index < -0.39 is 21.0 Å². The van der Waals surface area contributed by atoms with Gasteiger partial charge in [0.05, 0.1) is 26.3 Å². The van der Waals surface area contributed by atoms with Gasteiger partial charge in [-0.2, -0.15) is 4.57 Å². The maximum absolute atomic E-state index is 13.0. The Balaban J connectivity index is 1.55. The molecule has 0 aliphatic rings. The zero-order valence-electron chi connectivity index (χ0n) is 20.3. The molecule has 4 aromatic carbocycles. The molecule has 5 rings (SSSR count). The molecule has 10 heteroatoms. The number of anilines is 1. The van der Waals surface area contributed by atoms with Gasteiger partial charge in [0.15, 0.2) is 6.54 Å². The predicted molar refractivity (Wildman–Crippen MR) is 144 cm³/mol. The van der Waals surface area contributed by atoms with Gasteiger partial charge in [-0.3, -0.25) is 10.1 Å². The number of aromatic nitrogens is 1. The molecule has 1 heterocycles. The molecule has 38 heavy (non-hydrogen) atoms. The van der Waals surface area contributed by atoms with Gasteiger partial charge in [-0.15, -0.1) is 0 Å². The normalized spacial score (nSPS) is 11.4. The molecule has 0 spiro atoms. The summed E-state index contributed by atoms with van der Waals surface area (Å²) in [6.45, 7) is 2.27. The minimum Gasteiger partial charge on any atom is -0.305 e. The SMILES string of the molecule is Cc1ccc(S(=O)(=O)NC(=O)Nc2c3ccccc3[n+](Cc3ccc([N+](=O)[O-])cc3)c3ccccc23)cc1. The maximum Gasteiger partial charge on any atom is 0.333 e. The molecular weight excluding hydrogens is 504 g/mol. The van der Waals surface area contributed by atoms with Crippen LogP contribution in [0.15, 0.2) is 102 Å². The largest absolute Gasteiger partial charge is 0.333 e. The Morgan fingerprint density at radius 1 is 0.842 bits per heavy atom. The second kappa shape index (κ2) is 9.91. The Morgan fingerprint density at radius 3 is 1.95 bits per heavy atom. The molecule has 5 aromatic rings. The van der Waals surface area contributed by atoms with Gasteiger partial charge in [0.25, 0.3) is 15.7 Å². The first-order chi connectivity index (χ1) is 18.2. The number of non-ortho nitro benzene ring substituents is 1. The van der Waals surface area contributed by atoms with Crippen LogP contribution in [-0.4, -0.2) is 19.4 Å². The molecule has 9 nitrogen and oxygen atoms in total. The van der Waals surface area contributed by atoms with E-state index in [1.165, 1.54) is 24.3 Å². The maximum atomic E-state index is 13.0. The number of nitro benzene ring substituents is 1. The number of hydrogen-bond acceptors (Lipinski definition) is 5. The first-order valence-corrected chi connectivity index (χ1v) is 13.2. The third-order valence-electron chi connectivity index (χ3n) is 6.21. The third kappa shape index (κ3) is 4.89. The zero-order chi connectivity index (χ0) is 26.9. The number of carbonyl (C=O) groups excluding carboxylic acids is 1. The molecule has 0 saturated heterocycles. The molecule has 0 aliphatic heterocycles. The number of pyridine rings is 1. The van der Waals surface area contributed by atoms with Crippen molar-refractivity contribution in [2.45, 2.75) is 18.4 Å². The number of amides is 2. The summed E-state index contributed by atoms with van der Waals surface area (Å²) in [7, 11) is -4.08. The van der Waals surface area contributed by atoms with E-state index in [0.29, 0.717) is 23.0 Å². The molecule has 0 saturated carbocycles. The van der Waals surface area contributed by atoms with E-state index >= 15 is 0 Å². The molecule has 2 N–H and O–H groups in total. The van der Waals surface area contributed by atoms with Crippen molar-refractivity contribution >= 4 is 49.2 Å². The van der Waals surface area contributed by atoms with Crippen molar-refractivity contribution in [3.05, 3.63) is 118 Å². The number of nitrogens with one attached hydrogen (secondary N) is 2. The Bertz CT molecular complexity index is 1750. The molecule has 0 fully saturated rings. The van der Waals surface area contributed by atoms with Crippen LogP contribution < -0.4 is 14.6 Å². The van der Waals surface area contributed by atoms with E-state index in [1.807, 2.05) is 55.5 Å². The van der Waals surface area contributed by atoms with Gasteiger partial charge in [0, 0.05) is 29.8 Å². The van der Waals surface area contributed by atoms with Crippen LogP contribution in [-0.2, 0) is 16.6 Å². The topological polar surface area (TPSA) is 122 Å². The van der Waals surface area contributed by atoms with Gasteiger partial charge in [-0.05, 0) is 43.3 Å². The average molecular weight is 528 g/mol. The van der Waals surface area contributed by atoms with E-state index in [4.69, 9.17) is 0 Å². The lowest BCUT2D eigenvalue weighted by atomic mass is 10.1. The summed E-state index contributed by atoms with van der Waals surface area (Å²) in [4.78, 5) is 23.6. The van der Waals surface area contributed by atoms with Crippen LogP contribution >= 0.6 is 0 Å². The number of benzene rings is 4. The fourth-order valence-corrected chi connectivity index (χ4v) is 5.27. The summed E-state index contributed by atoms with van der Waals surface area (Å²) in [5, 5.41) is 15.2. The number of hydrogen-bond donors (Lipinski definition) is 2. The number of urea groups is 1. The first-order valence-electron chi connectivity index (χ1n) is 11.7. The second-order valence-corrected chi connectivity index (χ2v) is 10.5. The van der Waals surface area contributed by atoms with Gasteiger partial charge >= 0.3 is 6.03 Å². The monoisotopic (exact) mass is 527 g/mol.